The molecule has 0 unspecified atom stereocenters. The number of aromatic amines is 1. The fourth-order valence-electron chi connectivity index (χ4n) is 3.54. The molecule has 0 fully saturated rings. The van der Waals surface area contributed by atoms with Crippen LogP contribution < -0.4 is 4.72 Å². The quantitative estimate of drug-likeness (QED) is 0.509. The summed E-state index contributed by atoms with van der Waals surface area (Å²) >= 11 is 0. The van der Waals surface area contributed by atoms with Crippen molar-refractivity contribution in [3.05, 3.63) is 102 Å². The van der Waals surface area contributed by atoms with Gasteiger partial charge in [0.1, 0.15) is 6.07 Å². The minimum atomic E-state index is -3.83. The lowest BCUT2D eigenvalue weighted by atomic mass is 9.91. The van der Waals surface area contributed by atoms with Crippen molar-refractivity contribution < 1.29 is 8.42 Å². The van der Waals surface area contributed by atoms with Crippen LogP contribution in [0.5, 0.6) is 0 Å². The van der Waals surface area contributed by atoms with Crippen LogP contribution in [-0.2, 0) is 10.0 Å². The van der Waals surface area contributed by atoms with Crippen molar-refractivity contribution in [1.82, 2.24) is 9.71 Å². The molecule has 0 spiro atoms. The zero-order chi connectivity index (χ0) is 20.3. The Morgan fingerprint density at radius 3 is 2.41 bits per heavy atom. The highest BCUT2D eigenvalue weighted by Gasteiger charge is 2.23. The Morgan fingerprint density at radius 1 is 0.931 bits per heavy atom. The number of fused-ring (bicyclic) bond motifs is 1. The van der Waals surface area contributed by atoms with Crippen LogP contribution in [0.25, 0.3) is 10.9 Å². The maximum atomic E-state index is 12.9. The molecule has 0 aliphatic carbocycles. The number of para-hydroxylation sites is 1. The van der Waals surface area contributed by atoms with Crippen LogP contribution in [0, 0.1) is 11.3 Å². The summed E-state index contributed by atoms with van der Waals surface area (Å²) in [6.07, 6.45) is 1.93. The summed E-state index contributed by atoms with van der Waals surface area (Å²) < 4.78 is 28.5. The molecular formula is C23H19N3O2S. The Bertz CT molecular complexity index is 1290. The van der Waals surface area contributed by atoms with E-state index in [1.54, 1.807) is 12.1 Å². The van der Waals surface area contributed by atoms with Crippen molar-refractivity contribution in [2.24, 2.45) is 0 Å². The first-order chi connectivity index (χ1) is 14.1. The van der Waals surface area contributed by atoms with E-state index >= 15 is 0 Å². The number of H-pyrrole nitrogens is 1. The second kappa shape index (κ2) is 7.92. The van der Waals surface area contributed by atoms with Crippen molar-refractivity contribution in [3.63, 3.8) is 0 Å². The number of hydrogen-bond donors (Lipinski definition) is 2. The summed E-state index contributed by atoms with van der Waals surface area (Å²) in [7, 11) is -3.83. The van der Waals surface area contributed by atoms with Gasteiger partial charge in [-0.2, -0.15) is 5.26 Å². The SMILES string of the molecule is N#Cc1ccccc1S(=O)(=O)NC[C@H](c1ccccc1)c1c[nH]c2ccccc12. The molecule has 0 radical (unpaired) electrons. The number of nitriles is 1. The third-order valence-corrected chi connectivity index (χ3v) is 6.45. The van der Waals surface area contributed by atoms with Crippen LogP contribution in [0.15, 0.2) is 90.0 Å². The van der Waals surface area contributed by atoms with Gasteiger partial charge in [0.15, 0.2) is 0 Å². The fourth-order valence-corrected chi connectivity index (χ4v) is 4.74. The maximum absolute atomic E-state index is 12.9. The van der Waals surface area contributed by atoms with E-state index in [1.165, 1.54) is 12.1 Å². The molecule has 5 nitrogen and oxygen atoms in total. The average molecular weight is 401 g/mol. The topological polar surface area (TPSA) is 85.8 Å². The van der Waals surface area contributed by atoms with Crippen molar-refractivity contribution in [3.8, 4) is 6.07 Å². The van der Waals surface area contributed by atoms with Crippen LogP contribution in [0.2, 0.25) is 0 Å². The molecular weight excluding hydrogens is 382 g/mol. The molecule has 0 aliphatic rings. The molecule has 2 N–H and O–H groups in total. The van der Waals surface area contributed by atoms with Gasteiger partial charge in [0, 0.05) is 29.6 Å². The molecule has 1 heterocycles. The Morgan fingerprint density at radius 2 is 1.62 bits per heavy atom. The van der Waals surface area contributed by atoms with Gasteiger partial charge in [0.25, 0.3) is 0 Å². The number of rotatable bonds is 6. The van der Waals surface area contributed by atoms with Gasteiger partial charge in [-0.25, -0.2) is 13.1 Å². The molecule has 0 saturated carbocycles. The summed E-state index contributed by atoms with van der Waals surface area (Å²) in [6.45, 7) is 0.175. The van der Waals surface area contributed by atoms with Crippen LogP contribution in [-0.4, -0.2) is 19.9 Å². The first-order valence-electron chi connectivity index (χ1n) is 9.20. The van der Waals surface area contributed by atoms with Gasteiger partial charge in [-0.05, 0) is 29.3 Å². The van der Waals surface area contributed by atoms with Gasteiger partial charge in [0.2, 0.25) is 10.0 Å². The van der Waals surface area contributed by atoms with Crippen LogP contribution in [0.3, 0.4) is 0 Å². The van der Waals surface area contributed by atoms with E-state index in [-0.39, 0.29) is 22.9 Å². The standard InChI is InChI=1S/C23H19N3O2S/c24-14-18-10-4-7-13-23(18)29(27,28)26-16-20(17-8-2-1-3-9-17)21-15-25-22-12-6-5-11-19(21)22/h1-13,15,20,25-26H,16H2/t20-/m1/s1. The Balaban J connectivity index is 1.71. The van der Waals surface area contributed by atoms with Gasteiger partial charge in [-0.1, -0.05) is 60.7 Å². The molecule has 0 aliphatic heterocycles. The van der Waals surface area contributed by atoms with Crippen LogP contribution in [0.1, 0.15) is 22.6 Å². The van der Waals surface area contributed by atoms with E-state index in [1.807, 2.05) is 66.9 Å². The summed E-state index contributed by atoms with van der Waals surface area (Å²) in [5, 5.41) is 10.3. The number of benzene rings is 3. The number of hydrogen-bond acceptors (Lipinski definition) is 3. The molecule has 0 amide bonds. The molecule has 3 aromatic carbocycles. The van der Waals surface area contributed by atoms with E-state index in [9.17, 15) is 13.7 Å². The van der Waals surface area contributed by atoms with Gasteiger partial charge >= 0.3 is 0 Å². The molecule has 0 saturated heterocycles. The smallest absolute Gasteiger partial charge is 0.241 e. The Labute approximate surface area is 169 Å². The Kier molecular flexibility index (Phi) is 5.17. The highest BCUT2D eigenvalue weighted by atomic mass is 32.2. The molecule has 1 atom stereocenters. The summed E-state index contributed by atoms with van der Waals surface area (Å²) in [6, 6.07) is 25.9. The van der Waals surface area contributed by atoms with Gasteiger partial charge in [-0.15, -0.1) is 0 Å². The zero-order valence-corrected chi connectivity index (χ0v) is 16.4. The lowest BCUT2D eigenvalue weighted by molar-refractivity contribution is 0.577. The summed E-state index contributed by atoms with van der Waals surface area (Å²) in [5.74, 6) is -0.184. The number of aromatic nitrogens is 1. The number of nitrogens with zero attached hydrogens (tertiary/aromatic N) is 1. The van der Waals surface area contributed by atoms with Crippen molar-refractivity contribution in [2.75, 3.05) is 6.54 Å². The van der Waals surface area contributed by atoms with Gasteiger partial charge < -0.3 is 4.98 Å². The Hall–Kier alpha value is -3.40. The highest BCUT2D eigenvalue weighted by Crippen LogP contribution is 2.31. The molecule has 1 aromatic heterocycles. The first-order valence-corrected chi connectivity index (χ1v) is 10.7. The monoisotopic (exact) mass is 401 g/mol. The maximum Gasteiger partial charge on any atom is 0.241 e. The van der Waals surface area contributed by atoms with Gasteiger partial charge in [-0.3, -0.25) is 0 Å². The average Bonchev–Trinajstić information content (AvgIpc) is 3.18. The molecule has 6 heteroatoms. The van der Waals surface area contributed by atoms with Crippen molar-refractivity contribution in [2.45, 2.75) is 10.8 Å². The first kappa shape index (κ1) is 18.9. The van der Waals surface area contributed by atoms with Crippen LogP contribution in [0.4, 0.5) is 0 Å². The minimum Gasteiger partial charge on any atom is -0.361 e. The predicted octanol–water partition coefficient (Wildman–Crippen LogP) is 4.15. The summed E-state index contributed by atoms with van der Waals surface area (Å²) in [4.78, 5) is 3.26. The van der Waals surface area contributed by atoms with E-state index in [0.717, 1.165) is 22.0 Å². The molecule has 4 aromatic rings. The largest absolute Gasteiger partial charge is 0.361 e. The predicted molar refractivity (Wildman–Crippen MR) is 113 cm³/mol. The van der Waals surface area contributed by atoms with E-state index < -0.39 is 10.0 Å². The third kappa shape index (κ3) is 3.79. The van der Waals surface area contributed by atoms with E-state index in [4.69, 9.17) is 0 Å². The lowest BCUT2D eigenvalue weighted by Crippen LogP contribution is -2.29. The normalized spacial score (nSPS) is 12.5. The van der Waals surface area contributed by atoms with E-state index in [2.05, 4.69) is 9.71 Å². The molecule has 4 rings (SSSR count). The molecule has 29 heavy (non-hydrogen) atoms. The second-order valence-corrected chi connectivity index (χ2v) is 8.45. The molecule has 0 bridgehead atoms. The van der Waals surface area contributed by atoms with Crippen molar-refractivity contribution >= 4 is 20.9 Å². The summed E-state index contributed by atoms with van der Waals surface area (Å²) in [5.41, 5.74) is 3.15. The number of nitrogens with one attached hydrogen (secondary N) is 2. The second-order valence-electron chi connectivity index (χ2n) is 6.71. The third-order valence-electron chi connectivity index (χ3n) is 4.97. The lowest BCUT2D eigenvalue weighted by Gasteiger charge is -2.18. The fraction of sp³-hybridized carbons (Fsp3) is 0.0870. The highest BCUT2D eigenvalue weighted by molar-refractivity contribution is 7.89. The van der Waals surface area contributed by atoms with Crippen molar-refractivity contribution in [1.29, 1.82) is 5.26 Å². The minimum absolute atomic E-state index is 0.00626. The van der Waals surface area contributed by atoms with Gasteiger partial charge in [0.05, 0.1) is 10.5 Å². The van der Waals surface area contributed by atoms with E-state index in [0.29, 0.717) is 0 Å². The number of sulfonamides is 1. The zero-order valence-electron chi connectivity index (χ0n) is 15.5. The van der Waals surface area contributed by atoms with Crippen LogP contribution >= 0.6 is 0 Å². The molecule has 144 valence electrons.